The lowest BCUT2D eigenvalue weighted by Crippen LogP contribution is -2.47. The first-order chi connectivity index (χ1) is 12.4. The summed E-state index contributed by atoms with van der Waals surface area (Å²) in [5.41, 5.74) is -0.0322. The topological polar surface area (TPSA) is 113 Å². The molecule has 142 valence electrons. The molecule has 2 heterocycles. The van der Waals surface area contributed by atoms with Crippen LogP contribution in [-0.4, -0.2) is 56.3 Å². The molecular weight excluding hydrogens is 360 g/mol. The van der Waals surface area contributed by atoms with E-state index in [1.807, 2.05) is 0 Å². The van der Waals surface area contributed by atoms with Crippen molar-refractivity contribution >= 4 is 27.3 Å². The van der Waals surface area contributed by atoms with Crippen molar-refractivity contribution in [3.8, 4) is 0 Å². The van der Waals surface area contributed by atoms with Crippen LogP contribution in [0.5, 0.6) is 0 Å². The van der Waals surface area contributed by atoms with Crippen molar-refractivity contribution in [3.63, 3.8) is 0 Å². The summed E-state index contributed by atoms with van der Waals surface area (Å²) in [6, 6.07) is 3.94. The van der Waals surface area contributed by atoms with Gasteiger partial charge in [0, 0.05) is 32.2 Å². The van der Waals surface area contributed by atoms with Crippen molar-refractivity contribution in [1.29, 1.82) is 0 Å². The minimum Gasteiger partial charge on any atom is -0.355 e. The van der Waals surface area contributed by atoms with Gasteiger partial charge in [-0.1, -0.05) is 12.8 Å². The van der Waals surface area contributed by atoms with E-state index >= 15 is 0 Å². The second kappa shape index (κ2) is 7.58. The van der Waals surface area contributed by atoms with Gasteiger partial charge in [-0.3, -0.25) is 14.9 Å². The fraction of sp³-hybridized carbons (Fsp3) is 0.562. The lowest BCUT2D eigenvalue weighted by molar-refractivity contribution is -0.384. The van der Waals surface area contributed by atoms with E-state index in [4.69, 9.17) is 0 Å². The van der Waals surface area contributed by atoms with Crippen molar-refractivity contribution in [2.24, 2.45) is 0 Å². The highest BCUT2D eigenvalue weighted by molar-refractivity contribution is 7.89. The van der Waals surface area contributed by atoms with Crippen LogP contribution in [0.1, 0.15) is 25.7 Å². The van der Waals surface area contributed by atoms with Crippen LogP contribution < -0.4 is 10.2 Å². The maximum atomic E-state index is 12.9. The number of nitrogens with zero attached hydrogens (tertiary/aromatic N) is 3. The molecule has 1 aromatic carbocycles. The van der Waals surface area contributed by atoms with E-state index in [0.717, 1.165) is 31.7 Å². The zero-order valence-corrected chi connectivity index (χ0v) is 15.2. The molecule has 0 saturated carbocycles. The Morgan fingerprint density at radius 3 is 2.38 bits per heavy atom. The van der Waals surface area contributed by atoms with E-state index in [-0.39, 0.29) is 28.7 Å². The van der Waals surface area contributed by atoms with E-state index in [2.05, 4.69) is 5.32 Å². The van der Waals surface area contributed by atoms with Crippen molar-refractivity contribution in [1.82, 2.24) is 9.62 Å². The van der Waals surface area contributed by atoms with Crippen molar-refractivity contribution in [2.75, 3.05) is 37.6 Å². The number of nitrogens with one attached hydrogen (secondary N) is 1. The first-order valence-electron chi connectivity index (χ1n) is 8.70. The molecule has 0 bridgehead atoms. The van der Waals surface area contributed by atoms with Crippen molar-refractivity contribution in [3.05, 3.63) is 28.3 Å². The summed E-state index contributed by atoms with van der Waals surface area (Å²) in [6.45, 7) is 1.71. The molecule has 3 rings (SSSR count). The number of hydrogen-bond donors (Lipinski definition) is 1. The maximum absolute atomic E-state index is 12.9. The lowest BCUT2D eigenvalue weighted by Gasteiger charge is -2.28. The number of rotatable bonds is 4. The molecule has 1 aromatic rings. The molecule has 1 N–H and O–H groups in total. The predicted molar refractivity (Wildman–Crippen MR) is 95.5 cm³/mol. The Labute approximate surface area is 152 Å². The molecule has 2 saturated heterocycles. The normalized spacial score (nSPS) is 19.7. The van der Waals surface area contributed by atoms with Crippen LogP contribution in [0.3, 0.4) is 0 Å². The van der Waals surface area contributed by atoms with Crippen LogP contribution in [0, 0.1) is 10.1 Å². The number of carbonyl (C=O) groups excluding carboxylic acids is 1. The second-order valence-corrected chi connectivity index (χ2v) is 8.44. The molecule has 0 unspecified atom stereocenters. The van der Waals surface area contributed by atoms with Gasteiger partial charge in [0.15, 0.2) is 0 Å². The van der Waals surface area contributed by atoms with Gasteiger partial charge in [-0.2, -0.15) is 4.31 Å². The highest BCUT2D eigenvalue weighted by Gasteiger charge is 2.30. The third kappa shape index (κ3) is 3.80. The summed E-state index contributed by atoms with van der Waals surface area (Å²) >= 11 is 0. The molecule has 0 aliphatic carbocycles. The van der Waals surface area contributed by atoms with Crippen LogP contribution in [0.2, 0.25) is 0 Å². The Hall–Kier alpha value is -2.20. The number of hydrogen-bond acceptors (Lipinski definition) is 6. The van der Waals surface area contributed by atoms with Crippen LogP contribution >= 0.6 is 0 Å². The number of anilines is 1. The molecule has 0 aromatic heterocycles. The summed E-state index contributed by atoms with van der Waals surface area (Å²) in [4.78, 5) is 24.0. The van der Waals surface area contributed by atoms with Crippen LogP contribution in [-0.2, 0) is 14.8 Å². The van der Waals surface area contributed by atoms with Gasteiger partial charge in [0.2, 0.25) is 15.9 Å². The Bertz CT molecular complexity index is 803. The molecule has 26 heavy (non-hydrogen) atoms. The number of benzene rings is 1. The molecular formula is C16H22N4O5S. The minimum atomic E-state index is -3.77. The monoisotopic (exact) mass is 382 g/mol. The average molecular weight is 382 g/mol. The second-order valence-electron chi connectivity index (χ2n) is 6.50. The molecule has 2 aliphatic heterocycles. The smallest absolute Gasteiger partial charge is 0.293 e. The number of sulfonamides is 1. The molecule has 0 radical (unpaired) electrons. The minimum absolute atomic E-state index is 0.0130. The summed E-state index contributed by atoms with van der Waals surface area (Å²) in [5, 5.41) is 14.2. The third-order valence-electron chi connectivity index (χ3n) is 4.73. The molecule has 1 amide bonds. The Morgan fingerprint density at radius 2 is 1.77 bits per heavy atom. The van der Waals surface area contributed by atoms with Crippen molar-refractivity contribution < 1.29 is 18.1 Å². The molecule has 0 spiro atoms. The molecule has 10 heteroatoms. The fourth-order valence-corrected chi connectivity index (χ4v) is 4.89. The van der Waals surface area contributed by atoms with Gasteiger partial charge in [0.25, 0.3) is 5.69 Å². The first-order valence-corrected chi connectivity index (χ1v) is 10.1. The largest absolute Gasteiger partial charge is 0.355 e. The summed E-state index contributed by atoms with van der Waals surface area (Å²) in [5.74, 6) is -0.216. The number of amides is 1. The zero-order valence-electron chi connectivity index (χ0n) is 14.4. The van der Waals surface area contributed by atoms with E-state index in [9.17, 15) is 23.3 Å². The van der Waals surface area contributed by atoms with Gasteiger partial charge in [-0.15, -0.1) is 0 Å². The van der Waals surface area contributed by atoms with Crippen LogP contribution in [0.4, 0.5) is 11.4 Å². The SMILES string of the molecule is O=C1CN(c2ccc(S(=O)(=O)N3CCCCCC3)cc2[N+](=O)[O-])CCN1. The van der Waals surface area contributed by atoms with E-state index < -0.39 is 14.9 Å². The van der Waals surface area contributed by atoms with E-state index in [0.29, 0.717) is 26.2 Å². The van der Waals surface area contributed by atoms with Gasteiger partial charge in [0.1, 0.15) is 5.69 Å². The quantitative estimate of drug-likeness (QED) is 0.616. The highest BCUT2D eigenvalue weighted by atomic mass is 32.2. The fourth-order valence-electron chi connectivity index (χ4n) is 3.35. The van der Waals surface area contributed by atoms with Gasteiger partial charge < -0.3 is 10.2 Å². The van der Waals surface area contributed by atoms with E-state index in [1.165, 1.54) is 16.4 Å². The number of nitro groups is 1. The number of piperazine rings is 1. The third-order valence-corrected chi connectivity index (χ3v) is 6.62. The van der Waals surface area contributed by atoms with Gasteiger partial charge in [0.05, 0.1) is 16.4 Å². The number of nitro benzene ring substituents is 1. The molecule has 0 atom stereocenters. The highest BCUT2D eigenvalue weighted by Crippen LogP contribution is 2.32. The Balaban J connectivity index is 1.95. The summed E-state index contributed by atoms with van der Waals surface area (Å²) < 4.78 is 27.2. The number of carbonyl (C=O) groups is 1. The van der Waals surface area contributed by atoms with Crippen LogP contribution in [0.25, 0.3) is 0 Å². The lowest BCUT2D eigenvalue weighted by atomic mass is 10.2. The van der Waals surface area contributed by atoms with E-state index in [1.54, 1.807) is 4.90 Å². The molecule has 9 nitrogen and oxygen atoms in total. The zero-order chi connectivity index (χ0) is 18.7. The molecule has 2 fully saturated rings. The van der Waals surface area contributed by atoms with Gasteiger partial charge >= 0.3 is 0 Å². The first kappa shape index (κ1) is 18.6. The standard InChI is InChI=1S/C16H22N4O5S/c21-16-12-18(10-7-17-16)14-6-5-13(11-15(14)20(22)23)26(24,25)19-8-3-1-2-4-9-19/h5-6,11H,1-4,7-10,12H2,(H,17,21). The Morgan fingerprint density at radius 1 is 1.08 bits per heavy atom. The average Bonchev–Trinajstić information content (AvgIpc) is 2.91. The predicted octanol–water partition coefficient (Wildman–Crippen LogP) is 1.10. The summed E-state index contributed by atoms with van der Waals surface area (Å²) in [7, 11) is -3.77. The van der Waals surface area contributed by atoms with Gasteiger partial charge in [-0.25, -0.2) is 8.42 Å². The van der Waals surface area contributed by atoms with Gasteiger partial charge in [-0.05, 0) is 25.0 Å². The van der Waals surface area contributed by atoms with Crippen LogP contribution in [0.15, 0.2) is 23.1 Å². The molecule has 2 aliphatic rings. The summed E-state index contributed by atoms with van der Waals surface area (Å²) in [6.07, 6.45) is 3.56. The maximum Gasteiger partial charge on any atom is 0.293 e. The Kier molecular flexibility index (Phi) is 5.42. The van der Waals surface area contributed by atoms with Crippen molar-refractivity contribution in [2.45, 2.75) is 30.6 Å².